The molecule has 7 heteroatoms. The van der Waals surface area contributed by atoms with Gasteiger partial charge < -0.3 is 9.47 Å². The zero-order chi connectivity index (χ0) is 19.9. The summed E-state index contributed by atoms with van der Waals surface area (Å²) in [5, 5.41) is -0.211. The van der Waals surface area contributed by atoms with Crippen molar-refractivity contribution in [1.29, 1.82) is 0 Å². The van der Waals surface area contributed by atoms with E-state index >= 15 is 0 Å². The Hall–Kier alpha value is -2.80. The van der Waals surface area contributed by atoms with E-state index in [0.717, 1.165) is 22.3 Å². The molecule has 1 fully saturated rings. The molecule has 0 saturated carbocycles. The van der Waals surface area contributed by atoms with E-state index in [-0.39, 0.29) is 11.2 Å². The molecule has 1 aliphatic heterocycles. The number of amides is 1. The molecule has 0 radical (unpaired) electrons. The molecule has 1 amide bonds. The maximum atomic E-state index is 13.2. The molecule has 1 aromatic heterocycles. The van der Waals surface area contributed by atoms with Crippen LogP contribution in [-0.2, 0) is 9.67 Å². The number of hydrogen-bond acceptors (Lipinski definition) is 6. The minimum Gasteiger partial charge on any atom is -0.496 e. The number of carbonyl (C=O) groups is 1. The van der Waals surface area contributed by atoms with E-state index in [4.69, 9.17) is 9.47 Å². The van der Waals surface area contributed by atoms with Gasteiger partial charge in [-0.25, -0.2) is 0 Å². The monoisotopic (exact) mass is 395 g/mol. The maximum Gasteiger partial charge on any atom is 0.241 e. The molecule has 0 aliphatic carbocycles. The van der Waals surface area contributed by atoms with E-state index in [2.05, 4.69) is 9.97 Å². The van der Waals surface area contributed by atoms with Crippen molar-refractivity contribution in [1.82, 2.24) is 9.97 Å². The first kappa shape index (κ1) is 18.6. The molecular weight excluding hydrogens is 374 g/mol. The molecule has 28 heavy (non-hydrogen) atoms. The van der Waals surface area contributed by atoms with Crippen LogP contribution in [0.5, 0.6) is 11.5 Å². The smallest absolute Gasteiger partial charge is 0.241 e. The number of nitrogens with zero attached hydrogens (tertiary/aromatic N) is 3. The van der Waals surface area contributed by atoms with Gasteiger partial charge in [-0.15, -0.1) is 11.8 Å². The molecule has 3 aromatic rings. The van der Waals surface area contributed by atoms with Crippen LogP contribution in [0.25, 0.3) is 11.0 Å². The number of rotatable bonds is 4. The molecule has 1 saturated heterocycles. The van der Waals surface area contributed by atoms with Crippen LogP contribution in [-0.4, -0.2) is 35.3 Å². The average molecular weight is 395 g/mol. The fourth-order valence-electron chi connectivity index (χ4n) is 3.78. The normalized spacial score (nSPS) is 21.9. The van der Waals surface area contributed by atoms with Gasteiger partial charge in [0.05, 0.1) is 36.1 Å². The van der Waals surface area contributed by atoms with Gasteiger partial charge in [0.15, 0.2) is 0 Å². The Balaban J connectivity index is 1.93. The minimum absolute atomic E-state index is 0.0312. The first-order chi connectivity index (χ1) is 13.5. The first-order valence-electron chi connectivity index (χ1n) is 8.93. The van der Waals surface area contributed by atoms with Crippen molar-refractivity contribution in [3.63, 3.8) is 0 Å². The van der Waals surface area contributed by atoms with Crippen molar-refractivity contribution in [2.24, 2.45) is 0 Å². The second kappa shape index (κ2) is 6.98. The highest BCUT2D eigenvalue weighted by molar-refractivity contribution is 8.02. The lowest BCUT2D eigenvalue weighted by Gasteiger charge is -2.36. The molecule has 4 rings (SSSR count). The van der Waals surface area contributed by atoms with Crippen molar-refractivity contribution in [2.45, 2.75) is 24.0 Å². The number of aromatic nitrogens is 2. The quantitative estimate of drug-likeness (QED) is 0.666. The van der Waals surface area contributed by atoms with Crippen molar-refractivity contribution < 1.29 is 14.3 Å². The fraction of sp³-hybridized carbons (Fsp3) is 0.286. The second-order valence-electron chi connectivity index (χ2n) is 6.68. The van der Waals surface area contributed by atoms with Crippen molar-refractivity contribution in [3.05, 3.63) is 54.4 Å². The van der Waals surface area contributed by atoms with Crippen LogP contribution < -0.4 is 14.4 Å². The van der Waals surface area contributed by atoms with Gasteiger partial charge in [0.25, 0.3) is 0 Å². The zero-order valence-electron chi connectivity index (χ0n) is 16.2. The van der Waals surface area contributed by atoms with E-state index in [0.29, 0.717) is 11.5 Å². The lowest BCUT2D eigenvalue weighted by Crippen LogP contribution is -2.41. The molecule has 0 spiro atoms. The molecule has 2 atom stereocenters. The third kappa shape index (κ3) is 2.77. The number of methoxy groups -OCH3 is 2. The summed E-state index contributed by atoms with van der Waals surface area (Å²) in [7, 11) is 3.25. The molecular formula is C21H21N3O3S. The molecule has 6 nitrogen and oxygen atoms in total. The van der Waals surface area contributed by atoms with Gasteiger partial charge in [-0.1, -0.05) is 6.07 Å². The third-order valence-corrected chi connectivity index (χ3v) is 6.40. The van der Waals surface area contributed by atoms with Crippen LogP contribution in [0, 0.1) is 0 Å². The Morgan fingerprint density at radius 3 is 2.32 bits per heavy atom. The van der Waals surface area contributed by atoms with Crippen molar-refractivity contribution >= 4 is 34.4 Å². The molecule has 2 unspecified atom stereocenters. The summed E-state index contributed by atoms with van der Waals surface area (Å²) in [5.74, 6) is 1.40. The SMILES string of the molecule is COc1cccc(OC)c1C1(C)SC(C)C(=O)N1c1ccc2nccnc2c1. The lowest BCUT2D eigenvalue weighted by molar-refractivity contribution is -0.117. The summed E-state index contributed by atoms with van der Waals surface area (Å²) in [6, 6.07) is 11.4. The maximum absolute atomic E-state index is 13.2. The summed E-state index contributed by atoms with van der Waals surface area (Å²) < 4.78 is 11.3. The predicted octanol–water partition coefficient (Wildman–Crippen LogP) is 3.99. The van der Waals surface area contributed by atoms with E-state index < -0.39 is 4.87 Å². The minimum atomic E-state index is -0.704. The Morgan fingerprint density at radius 1 is 1.04 bits per heavy atom. The van der Waals surface area contributed by atoms with Gasteiger partial charge in [-0.2, -0.15) is 0 Å². The summed E-state index contributed by atoms with van der Waals surface area (Å²) in [6.07, 6.45) is 3.31. The Labute approximate surface area is 167 Å². The van der Waals surface area contributed by atoms with Crippen LogP contribution in [0.1, 0.15) is 19.4 Å². The highest BCUT2D eigenvalue weighted by Crippen LogP contribution is 2.55. The summed E-state index contributed by atoms with van der Waals surface area (Å²) >= 11 is 1.58. The fourth-order valence-corrected chi connectivity index (χ4v) is 5.30. The summed E-state index contributed by atoms with van der Waals surface area (Å²) in [4.78, 5) is 23.0. The zero-order valence-corrected chi connectivity index (χ0v) is 17.0. The summed E-state index contributed by atoms with van der Waals surface area (Å²) in [6.45, 7) is 3.95. The molecule has 0 bridgehead atoms. The Bertz CT molecular complexity index is 1040. The summed E-state index contributed by atoms with van der Waals surface area (Å²) in [5.41, 5.74) is 3.13. The predicted molar refractivity (Wildman–Crippen MR) is 111 cm³/mol. The number of thioether (sulfide) groups is 1. The Morgan fingerprint density at radius 2 is 1.68 bits per heavy atom. The number of anilines is 1. The highest BCUT2D eigenvalue weighted by Gasteiger charge is 2.51. The highest BCUT2D eigenvalue weighted by atomic mass is 32.2. The topological polar surface area (TPSA) is 64.6 Å². The van der Waals surface area contributed by atoms with Gasteiger partial charge in [0.1, 0.15) is 16.4 Å². The van der Waals surface area contributed by atoms with Crippen LogP contribution in [0.4, 0.5) is 5.69 Å². The lowest BCUT2D eigenvalue weighted by atomic mass is 10.0. The van der Waals surface area contributed by atoms with E-state index in [9.17, 15) is 4.79 Å². The standard InChI is InChI=1S/C21H21N3O3S/c1-13-20(25)24(14-8-9-15-16(12-14)23-11-10-22-15)21(2,28-13)19-17(26-3)6-5-7-18(19)27-4/h5-13H,1-4H3. The van der Waals surface area contributed by atoms with Gasteiger partial charge >= 0.3 is 0 Å². The van der Waals surface area contributed by atoms with Gasteiger partial charge in [0.2, 0.25) is 5.91 Å². The Kier molecular flexibility index (Phi) is 4.63. The number of benzene rings is 2. The van der Waals surface area contributed by atoms with Crippen LogP contribution in [0.3, 0.4) is 0 Å². The van der Waals surface area contributed by atoms with Crippen LogP contribution >= 0.6 is 11.8 Å². The van der Waals surface area contributed by atoms with E-state index in [1.165, 1.54) is 0 Å². The van der Waals surface area contributed by atoms with Crippen LogP contribution in [0.15, 0.2) is 48.8 Å². The molecule has 2 aromatic carbocycles. The number of ether oxygens (including phenoxy) is 2. The average Bonchev–Trinajstić information content (AvgIpc) is 2.95. The first-order valence-corrected chi connectivity index (χ1v) is 9.81. The molecule has 0 N–H and O–H groups in total. The van der Waals surface area contributed by atoms with Gasteiger partial charge in [-0.3, -0.25) is 19.7 Å². The van der Waals surface area contributed by atoms with Gasteiger partial charge in [0, 0.05) is 18.1 Å². The third-order valence-electron chi connectivity index (χ3n) is 5.00. The second-order valence-corrected chi connectivity index (χ2v) is 8.42. The van der Waals surface area contributed by atoms with Crippen LogP contribution in [0.2, 0.25) is 0 Å². The van der Waals surface area contributed by atoms with E-state index in [1.54, 1.807) is 38.4 Å². The van der Waals surface area contributed by atoms with Gasteiger partial charge in [-0.05, 0) is 44.2 Å². The van der Waals surface area contributed by atoms with E-state index in [1.807, 2.05) is 55.1 Å². The van der Waals surface area contributed by atoms with Crippen molar-refractivity contribution in [3.8, 4) is 11.5 Å². The number of fused-ring (bicyclic) bond motifs is 1. The molecule has 1 aliphatic rings. The largest absolute Gasteiger partial charge is 0.496 e. The molecule has 2 heterocycles. The number of carbonyl (C=O) groups excluding carboxylic acids is 1. The molecule has 144 valence electrons. The number of hydrogen-bond donors (Lipinski definition) is 0. The van der Waals surface area contributed by atoms with Crippen molar-refractivity contribution in [2.75, 3.05) is 19.1 Å².